The molecule has 1 unspecified atom stereocenters. The van der Waals surface area contributed by atoms with E-state index in [0.717, 1.165) is 42.9 Å². The van der Waals surface area contributed by atoms with E-state index >= 15 is 0 Å². The van der Waals surface area contributed by atoms with Gasteiger partial charge in [0.15, 0.2) is 0 Å². The van der Waals surface area contributed by atoms with Gasteiger partial charge in [-0.1, -0.05) is 0 Å². The first kappa shape index (κ1) is 19.1. The summed E-state index contributed by atoms with van der Waals surface area (Å²) in [5, 5.41) is 14.7. The summed E-state index contributed by atoms with van der Waals surface area (Å²) in [6, 6.07) is 10.5. The Kier molecular flexibility index (Phi) is 3.85. The number of carbonyl (C=O) groups excluding carboxylic acids is 1. The molecule has 1 atom stereocenters. The van der Waals surface area contributed by atoms with Gasteiger partial charge >= 0.3 is 0 Å². The van der Waals surface area contributed by atoms with Crippen molar-refractivity contribution >= 4 is 23.2 Å². The second kappa shape index (κ2) is 6.45. The maximum Gasteiger partial charge on any atom is 0.249 e. The zero-order valence-corrected chi connectivity index (χ0v) is 17.1. The molecule has 3 aliphatic carbocycles. The number of fused-ring (bicyclic) bond motifs is 1. The molecule has 7 rings (SSSR count). The van der Waals surface area contributed by atoms with Crippen LogP contribution in [0.5, 0.6) is 0 Å². The van der Waals surface area contributed by atoms with Crippen molar-refractivity contribution < 1.29 is 13.6 Å². The Balaban J connectivity index is 1.17. The highest BCUT2D eigenvalue weighted by atomic mass is 19.1. The molecule has 3 aromatic rings. The van der Waals surface area contributed by atoms with E-state index in [4.69, 9.17) is 5.26 Å². The maximum absolute atomic E-state index is 13.7. The molecule has 1 aromatic heterocycles. The molecular weight excluding hydrogens is 412 g/mol. The predicted molar refractivity (Wildman–Crippen MR) is 112 cm³/mol. The number of nitrogens with zero attached hydrogens (tertiary/aromatic N) is 5. The summed E-state index contributed by atoms with van der Waals surface area (Å²) in [5.74, 6) is -1.37. The van der Waals surface area contributed by atoms with Crippen LogP contribution in [0.1, 0.15) is 42.9 Å². The molecule has 0 radical (unpaired) electrons. The minimum Gasteiger partial charge on any atom is -0.330 e. The van der Waals surface area contributed by atoms with Crippen LogP contribution in [0.4, 0.5) is 8.78 Å². The number of amides is 1. The summed E-state index contributed by atoms with van der Waals surface area (Å²) >= 11 is 0. The zero-order valence-electron chi connectivity index (χ0n) is 17.1. The van der Waals surface area contributed by atoms with E-state index in [1.165, 1.54) is 17.1 Å². The fourth-order valence-corrected chi connectivity index (χ4v) is 5.91. The predicted octanol–water partition coefficient (Wildman–Crippen LogP) is 4.32. The summed E-state index contributed by atoms with van der Waals surface area (Å²) in [6.07, 6.45) is 6.18. The van der Waals surface area contributed by atoms with Crippen molar-refractivity contribution in [3.05, 3.63) is 65.5 Å². The molecule has 160 valence electrons. The lowest BCUT2D eigenvalue weighted by Crippen LogP contribution is -2.68. The smallest absolute Gasteiger partial charge is 0.249 e. The molecular formula is C24H19F2N5O. The quantitative estimate of drug-likeness (QED) is 0.618. The Morgan fingerprint density at radius 1 is 1.16 bits per heavy atom. The van der Waals surface area contributed by atoms with Crippen LogP contribution in [-0.4, -0.2) is 26.7 Å². The highest BCUT2D eigenvalue weighted by molar-refractivity contribution is 5.88. The third-order valence-corrected chi connectivity index (χ3v) is 7.16. The fourth-order valence-electron chi connectivity index (χ4n) is 5.91. The average Bonchev–Trinajstić information content (AvgIpc) is 3.35. The molecule has 0 spiro atoms. The molecule has 4 aliphatic rings. The number of benzene rings is 2. The van der Waals surface area contributed by atoms with Crippen molar-refractivity contribution in [3.63, 3.8) is 0 Å². The molecule has 0 N–H and O–H groups in total. The monoisotopic (exact) mass is 431 g/mol. The van der Waals surface area contributed by atoms with Crippen molar-refractivity contribution in [1.29, 1.82) is 5.26 Å². The molecule has 3 fully saturated rings. The van der Waals surface area contributed by atoms with Crippen molar-refractivity contribution in [2.45, 2.75) is 38.3 Å². The van der Waals surface area contributed by atoms with Gasteiger partial charge in [0.2, 0.25) is 5.91 Å². The number of hydrazone groups is 1. The highest BCUT2D eigenvalue weighted by Crippen LogP contribution is 2.74. The lowest BCUT2D eigenvalue weighted by atomic mass is 9.34. The van der Waals surface area contributed by atoms with Crippen LogP contribution in [0.15, 0.2) is 47.8 Å². The van der Waals surface area contributed by atoms with Gasteiger partial charge in [-0.25, -0.2) is 18.8 Å². The third-order valence-electron chi connectivity index (χ3n) is 7.16. The maximum atomic E-state index is 13.7. The van der Waals surface area contributed by atoms with Gasteiger partial charge < -0.3 is 4.57 Å². The molecule has 1 aliphatic heterocycles. The van der Waals surface area contributed by atoms with E-state index in [1.807, 2.05) is 6.07 Å². The van der Waals surface area contributed by atoms with Crippen LogP contribution >= 0.6 is 0 Å². The largest absolute Gasteiger partial charge is 0.330 e. The molecule has 6 nitrogen and oxygen atoms in total. The Hall–Kier alpha value is -3.60. The lowest BCUT2D eigenvalue weighted by molar-refractivity contribution is -0.222. The van der Waals surface area contributed by atoms with Gasteiger partial charge in [0, 0.05) is 25.2 Å². The third kappa shape index (κ3) is 2.70. The second-order valence-electron chi connectivity index (χ2n) is 9.40. The van der Waals surface area contributed by atoms with Crippen molar-refractivity contribution in [3.8, 4) is 6.07 Å². The first-order valence-electron chi connectivity index (χ1n) is 10.6. The minimum absolute atomic E-state index is 0.0566. The van der Waals surface area contributed by atoms with Crippen LogP contribution in [0.3, 0.4) is 0 Å². The van der Waals surface area contributed by atoms with Crippen LogP contribution < -0.4 is 0 Å². The lowest BCUT2D eigenvalue weighted by Gasteiger charge is -2.70. The molecule has 3 saturated carbocycles. The summed E-state index contributed by atoms with van der Waals surface area (Å²) in [4.78, 5) is 17.8. The Labute approximate surface area is 182 Å². The van der Waals surface area contributed by atoms with Crippen LogP contribution in [-0.2, 0) is 11.3 Å². The number of rotatable bonds is 4. The second-order valence-corrected chi connectivity index (χ2v) is 9.40. The van der Waals surface area contributed by atoms with Gasteiger partial charge in [0.25, 0.3) is 0 Å². The van der Waals surface area contributed by atoms with Crippen LogP contribution in [0.2, 0.25) is 0 Å². The Morgan fingerprint density at radius 3 is 2.62 bits per heavy atom. The van der Waals surface area contributed by atoms with Gasteiger partial charge in [-0.2, -0.15) is 10.4 Å². The van der Waals surface area contributed by atoms with Crippen molar-refractivity contribution in [2.24, 2.45) is 15.9 Å². The van der Waals surface area contributed by atoms with Gasteiger partial charge in [-0.15, -0.1) is 0 Å². The Bertz CT molecular complexity index is 1310. The number of nitriles is 1. The van der Waals surface area contributed by atoms with Crippen LogP contribution in [0.25, 0.3) is 11.0 Å². The van der Waals surface area contributed by atoms with Gasteiger partial charge in [-0.3, -0.25) is 4.79 Å². The van der Waals surface area contributed by atoms with E-state index in [0.29, 0.717) is 17.5 Å². The number of hydrogen-bond donors (Lipinski definition) is 0. The fraction of sp³-hybridized carbons (Fsp3) is 0.333. The number of imidazole rings is 1. The molecule has 2 aromatic carbocycles. The molecule has 2 heterocycles. The summed E-state index contributed by atoms with van der Waals surface area (Å²) in [5.41, 5.74) is 2.40. The number of carbonyl (C=O) groups is 1. The van der Waals surface area contributed by atoms with E-state index < -0.39 is 23.1 Å². The SMILES string of the molecule is N#Cc1ccc2c(c1)ncn2CC12CC(C(=O)N3N=CCC3c3cc(F)cc(F)c3)(C1)C2. The van der Waals surface area contributed by atoms with E-state index in [2.05, 4.69) is 20.7 Å². The van der Waals surface area contributed by atoms with Crippen LogP contribution in [0, 0.1) is 33.8 Å². The van der Waals surface area contributed by atoms with Gasteiger partial charge in [0.05, 0.1) is 40.5 Å². The Morgan fingerprint density at radius 2 is 1.91 bits per heavy atom. The number of aromatic nitrogens is 2. The average molecular weight is 431 g/mol. The molecule has 2 bridgehead atoms. The molecule has 32 heavy (non-hydrogen) atoms. The van der Waals surface area contributed by atoms with Gasteiger partial charge in [-0.05, 0) is 60.6 Å². The van der Waals surface area contributed by atoms with Crippen molar-refractivity contribution in [1.82, 2.24) is 14.6 Å². The first-order chi connectivity index (χ1) is 15.4. The highest BCUT2D eigenvalue weighted by Gasteiger charge is 2.72. The van der Waals surface area contributed by atoms with Crippen molar-refractivity contribution in [2.75, 3.05) is 0 Å². The standard InChI is InChI=1S/C24H19F2N5O/c25-17-6-16(7-18(26)8-17)20-3-4-29-31(20)22(32)24-10-23(11-24,12-24)13-30-14-28-19-5-15(9-27)1-2-21(19)30/h1-2,4-8,14,20H,3,10-13H2. The normalized spacial score (nSPS) is 27.8. The van der Waals surface area contributed by atoms with Gasteiger partial charge in [0.1, 0.15) is 11.6 Å². The molecule has 1 amide bonds. The topological polar surface area (TPSA) is 74.3 Å². The number of halogens is 2. The summed E-state index contributed by atoms with van der Waals surface area (Å²) < 4.78 is 29.5. The van der Waals surface area contributed by atoms with E-state index in [1.54, 1.807) is 24.7 Å². The summed E-state index contributed by atoms with van der Waals surface area (Å²) in [6.45, 7) is 0.770. The first-order valence-corrected chi connectivity index (χ1v) is 10.6. The zero-order chi connectivity index (χ0) is 22.1. The number of hydrogen-bond acceptors (Lipinski definition) is 4. The van der Waals surface area contributed by atoms with E-state index in [-0.39, 0.29) is 11.3 Å². The molecule has 8 heteroatoms. The van der Waals surface area contributed by atoms with E-state index in [9.17, 15) is 13.6 Å². The minimum atomic E-state index is -0.654. The molecule has 0 saturated heterocycles. The summed E-state index contributed by atoms with van der Waals surface area (Å²) in [7, 11) is 0.